The minimum atomic E-state index is -0.145. The fraction of sp³-hybridized carbons (Fsp3) is 0.667. The molecule has 0 aliphatic rings. The van der Waals surface area contributed by atoms with Crippen molar-refractivity contribution in [2.75, 3.05) is 0 Å². The standard InChI is InChI=1S/2C3H7.2BrH.Zr/c2*1-3-2;;;/h2*1,3H2,2H3;2*1H;/q2*-1;;;+4/p-2. The van der Waals surface area contributed by atoms with Gasteiger partial charge in [-0.1, -0.05) is 13.8 Å². The second-order valence-electron chi connectivity index (χ2n) is 1.07. The monoisotopic (exact) mass is 334 g/mol. The van der Waals surface area contributed by atoms with Crippen molar-refractivity contribution < 1.29 is 18.5 Å². The van der Waals surface area contributed by atoms with Crippen LogP contribution in [0.2, 0.25) is 0 Å². The second-order valence-corrected chi connectivity index (χ2v) is 12.4. The molecule has 0 radical (unpaired) electrons. The fourth-order valence-electron chi connectivity index (χ4n) is 0. The molecule has 0 unspecified atom stereocenters. The quantitative estimate of drug-likeness (QED) is 0.583. The first kappa shape index (κ1) is 17.1. The van der Waals surface area contributed by atoms with Gasteiger partial charge in [0.05, 0.1) is 0 Å². The van der Waals surface area contributed by atoms with Crippen molar-refractivity contribution in [2.45, 2.75) is 26.7 Å². The van der Waals surface area contributed by atoms with Crippen molar-refractivity contribution in [1.82, 2.24) is 0 Å². The minimum Gasteiger partial charge on any atom is -0.344 e. The van der Waals surface area contributed by atoms with E-state index in [0.717, 1.165) is 12.8 Å². The summed E-state index contributed by atoms with van der Waals surface area (Å²) in [6, 6.07) is 0. The Morgan fingerprint density at radius 1 is 1.11 bits per heavy atom. The average Bonchev–Trinajstić information content (AvgIpc) is 1.70. The minimum absolute atomic E-state index is 0.145. The number of halogens is 2. The summed E-state index contributed by atoms with van der Waals surface area (Å²) in [6.07, 6.45) is 2.00. The van der Waals surface area contributed by atoms with Gasteiger partial charge in [-0.2, -0.15) is 12.8 Å². The Kier molecular flexibility index (Phi) is 62.3. The van der Waals surface area contributed by atoms with E-state index in [4.69, 9.17) is 0 Å². The van der Waals surface area contributed by atoms with Crippen LogP contribution in [0.15, 0.2) is 0 Å². The van der Waals surface area contributed by atoms with E-state index in [1.807, 2.05) is 13.8 Å². The van der Waals surface area contributed by atoms with E-state index in [1.54, 1.807) is 0 Å². The van der Waals surface area contributed by atoms with Crippen molar-refractivity contribution in [2.24, 2.45) is 0 Å². The molecule has 0 heterocycles. The van der Waals surface area contributed by atoms with E-state index in [1.165, 1.54) is 0 Å². The number of hydrogen-bond acceptors (Lipinski definition) is 0. The first-order chi connectivity index (χ1) is 4.24. The molecular formula is C6H14Br2Zr. The van der Waals surface area contributed by atoms with Gasteiger partial charge in [-0.05, 0) is 0 Å². The fourth-order valence-corrected chi connectivity index (χ4v) is 0. The molecule has 3 heteroatoms. The van der Waals surface area contributed by atoms with Gasteiger partial charge >= 0.3 is 43.0 Å². The molecule has 0 spiro atoms. The Bertz CT molecular complexity index is 15.8. The molecule has 9 heavy (non-hydrogen) atoms. The predicted molar refractivity (Wildman–Crippen MR) is 49.2 cm³/mol. The average molecular weight is 337 g/mol. The molecule has 0 aromatic carbocycles. The van der Waals surface area contributed by atoms with E-state index in [2.05, 4.69) is 38.3 Å². The molecule has 0 aromatic rings. The zero-order chi connectivity index (χ0) is 8.12. The van der Waals surface area contributed by atoms with Crippen LogP contribution in [-0.2, 0) is 18.5 Å². The summed E-state index contributed by atoms with van der Waals surface area (Å²) < 4.78 is 0. The third-order valence-corrected chi connectivity index (χ3v) is 0. The predicted octanol–water partition coefficient (Wildman–Crippen LogP) is 4.15. The van der Waals surface area contributed by atoms with Crippen LogP contribution in [0.4, 0.5) is 0 Å². The van der Waals surface area contributed by atoms with E-state index in [0.29, 0.717) is 0 Å². The van der Waals surface area contributed by atoms with Crippen molar-refractivity contribution >= 4 is 24.4 Å². The van der Waals surface area contributed by atoms with Crippen LogP contribution >= 0.6 is 24.4 Å². The Morgan fingerprint density at radius 2 is 1.11 bits per heavy atom. The SMILES string of the molecule is [Br][Zr+2][Br].[CH2-]CC.[CH2-]CC. The van der Waals surface area contributed by atoms with Gasteiger partial charge in [0.15, 0.2) is 0 Å². The normalized spacial score (nSPS) is 5.11. The first-order valence-corrected chi connectivity index (χ1v) is 14.0. The Balaban J connectivity index is -0.0000000600. The Morgan fingerprint density at radius 3 is 1.11 bits per heavy atom. The molecule has 0 aromatic heterocycles. The van der Waals surface area contributed by atoms with Crippen molar-refractivity contribution in [3.05, 3.63) is 13.8 Å². The van der Waals surface area contributed by atoms with Crippen LogP contribution in [0.1, 0.15) is 26.7 Å². The zero-order valence-electron chi connectivity index (χ0n) is 6.08. The largest absolute Gasteiger partial charge is 0.344 e. The summed E-state index contributed by atoms with van der Waals surface area (Å²) in [5, 5.41) is 0. The molecule has 0 amide bonds. The molecule has 0 atom stereocenters. The van der Waals surface area contributed by atoms with Gasteiger partial charge in [-0.15, -0.1) is 0 Å². The van der Waals surface area contributed by atoms with Gasteiger partial charge in [0.25, 0.3) is 0 Å². The third-order valence-electron chi connectivity index (χ3n) is 0. The van der Waals surface area contributed by atoms with Crippen LogP contribution in [0, 0.1) is 13.8 Å². The Hall–Kier alpha value is 1.84. The topological polar surface area (TPSA) is 0 Å². The summed E-state index contributed by atoms with van der Waals surface area (Å²) in [5.41, 5.74) is 0. The van der Waals surface area contributed by atoms with Crippen LogP contribution in [0.3, 0.4) is 0 Å². The molecule has 0 saturated carbocycles. The van der Waals surface area contributed by atoms with Crippen LogP contribution in [0.25, 0.3) is 0 Å². The maximum Gasteiger partial charge on any atom is -0.0927 e. The van der Waals surface area contributed by atoms with Gasteiger partial charge in [0, 0.05) is 0 Å². The van der Waals surface area contributed by atoms with E-state index in [-0.39, 0.29) is 18.5 Å². The van der Waals surface area contributed by atoms with Gasteiger partial charge in [0.2, 0.25) is 0 Å². The summed E-state index contributed by atoms with van der Waals surface area (Å²) in [6.45, 7) is 11.0. The van der Waals surface area contributed by atoms with E-state index in [9.17, 15) is 0 Å². The summed E-state index contributed by atoms with van der Waals surface area (Å²) in [4.78, 5) is 0. The Labute approximate surface area is 82.7 Å². The maximum absolute atomic E-state index is 3.49. The van der Waals surface area contributed by atoms with Crippen LogP contribution < -0.4 is 0 Å². The molecule has 0 nitrogen and oxygen atoms in total. The second kappa shape index (κ2) is 32.8. The molecule has 0 rings (SSSR count). The molecule has 0 fully saturated rings. The molecule has 0 saturated heterocycles. The summed E-state index contributed by atoms with van der Waals surface area (Å²) in [5.74, 6) is 0. The van der Waals surface area contributed by atoms with Crippen molar-refractivity contribution in [3.8, 4) is 0 Å². The first-order valence-electron chi connectivity index (χ1n) is 2.79. The molecule has 0 aliphatic carbocycles. The molecule has 0 aliphatic heterocycles. The molecule has 0 N–H and O–H groups in total. The summed E-state index contributed by atoms with van der Waals surface area (Å²) >= 11 is 6.32. The van der Waals surface area contributed by atoms with Crippen molar-refractivity contribution in [3.63, 3.8) is 0 Å². The van der Waals surface area contributed by atoms with Gasteiger partial charge in [-0.25, -0.2) is 0 Å². The number of rotatable bonds is 0. The zero-order valence-corrected chi connectivity index (χ0v) is 11.7. The van der Waals surface area contributed by atoms with E-state index < -0.39 is 0 Å². The third kappa shape index (κ3) is 178. The van der Waals surface area contributed by atoms with Crippen LogP contribution in [-0.4, -0.2) is 0 Å². The van der Waals surface area contributed by atoms with E-state index >= 15 is 0 Å². The molecule has 0 bridgehead atoms. The smallest absolute Gasteiger partial charge is 0.0927 e. The molecule has 56 valence electrons. The maximum atomic E-state index is 3.49. The number of hydrogen-bond donors (Lipinski definition) is 0. The van der Waals surface area contributed by atoms with Gasteiger partial charge < -0.3 is 13.8 Å². The summed E-state index contributed by atoms with van der Waals surface area (Å²) in [7, 11) is 0. The van der Waals surface area contributed by atoms with Gasteiger partial charge in [0.1, 0.15) is 0 Å². The van der Waals surface area contributed by atoms with Crippen LogP contribution in [0.5, 0.6) is 0 Å². The van der Waals surface area contributed by atoms with Crippen molar-refractivity contribution in [1.29, 1.82) is 0 Å². The van der Waals surface area contributed by atoms with Gasteiger partial charge in [-0.3, -0.25) is 0 Å². The molecular weight excluding hydrogens is 323 g/mol.